The van der Waals surface area contributed by atoms with Crippen molar-refractivity contribution in [1.82, 2.24) is 15.5 Å². The number of nitrogens with one attached hydrogen (secondary N) is 2. The molecule has 102 valence electrons. The molecule has 0 spiro atoms. The summed E-state index contributed by atoms with van der Waals surface area (Å²) in [7, 11) is 1.69. The van der Waals surface area contributed by atoms with Crippen molar-refractivity contribution < 1.29 is 4.74 Å². The summed E-state index contributed by atoms with van der Waals surface area (Å²) in [5, 5.41) is 10.5. The van der Waals surface area contributed by atoms with Gasteiger partial charge in [-0.05, 0) is 31.0 Å². The van der Waals surface area contributed by atoms with Crippen LogP contribution < -0.4 is 10.1 Å². The maximum Gasteiger partial charge on any atom is 0.118 e. The molecule has 2 atom stereocenters. The molecule has 0 fully saturated rings. The molecule has 0 amide bonds. The predicted octanol–water partition coefficient (Wildman–Crippen LogP) is 3.22. The van der Waals surface area contributed by atoms with Gasteiger partial charge in [-0.25, -0.2) is 0 Å². The van der Waals surface area contributed by atoms with Gasteiger partial charge in [0.2, 0.25) is 0 Å². The molecule has 4 heteroatoms. The van der Waals surface area contributed by atoms with E-state index in [9.17, 15) is 0 Å². The molecule has 0 aliphatic heterocycles. The summed E-state index contributed by atoms with van der Waals surface area (Å²) >= 11 is 0. The fraction of sp³-hybridized carbons (Fsp3) is 0.400. The zero-order valence-corrected chi connectivity index (χ0v) is 11.7. The highest BCUT2D eigenvalue weighted by atomic mass is 16.5. The summed E-state index contributed by atoms with van der Waals surface area (Å²) in [5.41, 5.74) is 2.45. The monoisotopic (exact) mass is 259 g/mol. The Kier molecular flexibility index (Phi) is 4.58. The van der Waals surface area contributed by atoms with E-state index in [1.54, 1.807) is 7.11 Å². The molecule has 0 aliphatic carbocycles. The molecule has 1 aromatic heterocycles. The Balaban J connectivity index is 2.06. The van der Waals surface area contributed by atoms with E-state index in [-0.39, 0.29) is 6.04 Å². The van der Waals surface area contributed by atoms with Crippen LogP contribution in [0.1, 0.15) is 43.5 Å². The summed E-state index contributed by atoms with van der Waals surface area (Å²) in [5.74, 6) is 0.890. The number of H-pyrrole nitrogens is 1. The minimum atomic E-state index is 0.269. The van der Waals surface area contributed by atoms with Gasteiger partial charge in [-0.1, -0.05) is 19.1 Å². The van der Waals surface area contributed by atoms with Crippen LogP contribution in [0.4, 0.5) is 0 Å². The molecule has 4 nitrogen and oxygen atoms in total. The van der Waals surface area contributed by atoms with Crippen LogP contribution in [-0.2, 0) is 0 Å². The summed E-state index contributed by atoms with van der Waals surface area (Å²) in [6, 6.07) is 8.83. The number of nitrogens with zero attached hydrogens (tertiary/aromatic N) is 1. The molecule has 1 heterocycles. The molecular formula is C15H21N3O. The van der Waals surface area contributed by atoms with E-state index < -0.39 is 0 Å². The predicted molar refractivity (Wildman–Crippen MR) is 76.2 cm³/mol. The van der Waals surface area contributed by atoms with Crippen molar-refractivity contribution >= 4 is 0 Å². The van der Waals surface area contributed by atoms with Gasteiger partial charge in [0.25, 0.3) is 0 Å². The Morgan fingerprint density at radius 1 is 1.26 bits per heavy atom. The molecule has 0 radical (unpaired) electrons. The minimum Gasteiger partial charge on any atom is -0.497 e. The molecule has 2 aromatic rings. The van der Waals surface area contributed by atoms with Gasteiger partial charge >= 0.3 is 0 Å². The van der Waals surface area contributed by atoms with Crippen LogP contribution in [0.3, 0.4) is 0 Å². The van der Waals surface area contributed by atoms with E-state index >= 15 is 0 Å². The first-order valence-electron chi connectivity index (χ1n) is 6.63. The summed E-state index contributed by atoms with van der Waals surface area (Å²) in [6.07, 6.45) is 4.82. The number of aromatic amines is 1. The van der Waals surface area contributed by atoms with Gasteiger partial charge in [0, 0.05) is 23.8 Å². The second kappa shape index (κ2) is 6.38. The Labute approximate surface area is 114 Å². The molecule has 0 bridgehead atoms. The fourth-order valence-electron chi connectivity index (χ4n) is 2.18. The van der Waals surface area contributed by atoms with Crippen molar-refractivity contribution in [3.63, 3.8) is 0 Å². The highest BCUT2D eigenvalue weighted by molar-refractivity contribution is 5.29. The number of aromatic nitrogens is 2. The fourth-order valence-corrected chi connectivity index (χ4v) is 2.18. The van der Waals surface area contributed by atoms with Crippen molar-refractivity contribution in [2.75, 3.05) is 7.11 Å². The number of hydrogen-bond acceptors (Lipinski definition) is 3. The Bertz CT molecular complexity index is 479. The van der Waals surface area contributed by atoms with Crippen LogP contribution in [0.15, 0.2) is 36.7 Å². The maximum atomic E-state index is 5.19. The molecule has 2 N–H and O–H groups in total. The van der Waals surface area contributed by atoms with E-state index in [1.807, 2.05) is 24.5 Å². The maximum absolute atomic E-state index is 5.19. The number of rotatable bonds is 6. The van der Waals surface area contributed by atoms with Crippen LogP contribution >= 0.6 is 0 Å². The van der Waals surface area contributed by atoms with Crippen molar-refractivity contribution in [2.45, 2.75) is 32.4 Å². The summed E-state index contributed by atoms with van der Waals surface area (Å²) in [6.45, 7) is 4.33. The Morgan fingerprint density at radius 2 is 2.00 bits per heavy atom. The van der Waals surface area contributed by atoms with Crippen LogP contribution in [-0.4, -0.2) is 17.3 Å². The van der Waals surface area contributed by atoms with Crippen LogP contribution in [0.5, 0.6) is 5.75 Å². The third-order valence-corrected chi connectivity index (χ3v) is 3.40. The first-order valence-corrected chi connectivity index (χ1v) is 6.63. The molecule has 0 aliphatic rings. The topological polar surface area (TPSA) is 49.9 Å². The average molecular weight is 259 g/mol. The van der Waals surface area contributed by atoms with E-state index in [2.05, 4.69) is 41.5 Å². The van der Waals surface area contributed by atoms with Crippen molar-refractivity contribution in [3.05, 3.63) is 47.8 Å². The van der Waals surface area contributed by atoms with Gasteiger partial charge in [-0.3, -0.25) is 5.10 Å². The molecule has 0 saturated carbocycles. The molecule has 19 heavy (non-hydrogen) atoms. The largest absolute Gasteiger partial charge is 0.497 e. The zero-order chi connectivity index (χ0) is 13.7. The summed E-state index contributed by atoms with van der Waals surface area (Å²) < 4.78 is 5.19. The van der Waals surface area contributed by atoms with Crippen LogP contribution in [0.2, 0.25) is 0 Å². The minimum absolute atomic E-state index is 0.269. The van der Waals surface area contributed by atoms with Gasteiger partial charge < -0.3 is 10.1 Å². The number of benzene rings is 1. The van der Waals surface area contributed by atoms with Crippen molar-refractivity contribution in [1.29, 1.82) is 0 Å². The zero-order valence-electron chi connectivity index (χ0n) is 11.7. The molecular weight excluding hydrogens is 238 g/mol. The third kappa shape index (κ3) is 3.35. The number of methoxy groups -OCH3 is 1. The molecule has 2 unspecified atom stereocenters. The second-order valence-corrected chi connectivity index (χ2v) is 4.65. The van der Waals surface area contributed by atoms with Crippen LogP contribution in [0, 0.1) is 0 Å². The van der Waals surface area contributed by atoms with E-state index in [0.29, 0.717) is 6.04 Å². The lowest BCUT2D eigenvalue weighted by Gasteiger charge is -2.22. The van der Waals surface area contributed by atoms with E-state index in [0.717, 1.165) is 12.2 Å². The number of ether oxygens (including phenoxy) is 1. The average Bonchev–Trinajstić information content (AvgIpc) is 2.99. The lowest BCUT2D eigenvalue weighted by Crippen LogP contribution is -2.23. The highest BCUT2D eigenvalue weighted by Gasteiger charge is 2.14. The second-order valence-electron chi connectivity index (χ2n) is 4.65. The third-order valence-electron chi connectivity index (χ3n) is 3.40. The Hall–Kier alpha value is -1.81. The first-order chi connectivity index (χ1) is 9.24. The Morgan fingerprint density at radius 3 is 2.53 bits per heavy atom. The van der Waals surface area contributed by atoms with Gasteiger partial charge in [0.15, 0.2) is 0 Å². The van der Waals surface area contributed by atoms with Gasteiger partial charge in [-0.15, -0.1) is 0 Å². The standard InChI is InChI=1S/C15H21N3O/c1-4-15(12-5-7-14(19-3)8-6-12)18-11(2)13-9-16-17-10-13/h5-11,15,18H,4H2,1-3H3,(H,16,17). The van der Waals surface area contributed by atoms with E-state index in [4.69, 9.17) is 4.74 Å². The normalized spacial score (nSPS) is 14.1. The van der Waals surface area contributed by atoms with Crippen LogP contribution in [0.25, 0.3) is 0 Å². The SMILES string of the molecule is CCC(NC(C)c1cn[nH]c1)c1ccc(OC)cc1. The van der Waals surface area contributed by atoms with E-state index in [1.165, 1.54) is 11.1 Å². The lowest BCUT2D eigenvalue weighted by molar-refractivity contribution is 0.413. The molecule has 2 rings (SSSR count). The van der Waals surface area contributed by atoms with Gasteiger partial charge in [0.1, 0.15) is 5.75 Å². The molecule has 0 saturated heterocycles. The highest BCUT2D eigenvalue weighted by Crippen LogP contribution is 2.23. The van der Waals surface area contributed by atoms with Gasteiger partial charge in [0.05, 0.1) is 13.3 Å². The quantitative estimate of drug-likeness (QED) is 0.837. The van der Waals surface area contributed by atoms with Crippen molar-refractivity contribution in [2.24, 2.45) is 0 Å². The number of hydrogen-bond donors (Lipinski definition) is 2. The van der Waals surface area contributed by atoms with Gasteiger partial charge in [-0.2, -0.15) is 5.10 Å². The first kappa shape index (κ1) is 13.6. The summed E-state index contributed by atoms with van der Waals surface area (Å²) in [4.78, 5) is 0. The smallest absolute Gasteiger partial charge is 0.118 e. The van der Waals surface area contributed by atoms with Crippen molar-refractivity contribution in [3.8, 4) is 5.75 Å². The lowest BCUT2D eigenvalue weighted by atomic mass is 10.0. The molecule has 1 aromatic carbocycles.